The van der Waals surface area contributed by atoms with Crippen LogP contribution in [0.2, 0.25) is 0 Å². The van der Waals surface area contributed by atoms with Gasteiger partial charge < -0.3 is 15.1 Å². The van der Waals surface area contributed by atoms with Crippen LogP contribution in [0.4, 0.5) is 5.69 Å². The molecule has 5 heteroatoms. The average Bonchev–Trinajstić information content (AvgIpc) is 2.98. The van der Waals surface area contributed by atoms with Gasteiger partial charge >= 0.3 is 0 Å². The summed E-state index contributed by atoms with van der Waals surface area (Å²) in [6.07, 6.45) is 4.22. The van der Waals surface area contributed by atoms with Crippen molar-refractivity contribution in [2.45, 2.75) is 26.8 Å². The van der Waals surface area contributed by atoms with E-state index in [0.29, 0.717) is 24.7 Å². The number of nitrogens with one attached hydrogen (secondary N) is 2. The molecule has 1 amide bonds. The smallest absolute Gasteiger partial charge is 0.269 e. The molecule has 2 aromatic heterocycles. The largest absolute Gasteiger partial charge is 0.467 e. The average molecular weight is 287 g/mol. The molecule has 5 nitrogen and oxygen atoms in total. The molecule has 2 aromatic rings. The molecule has 2 heterocycles. The Kier molecular flexibility index (Phi) is 5.37. The van der Waals surface area contributed by atoms with Gasteiger partial charge in [0.05, 0.1) is 12.8 Å². The molecule has 0 radical (unpaired) electrons. The van der Waals surface area contributed by atoms with Gasteiger partial charge in [-0.1, -0.05) is 13.8 Å². The number of rotatable bonds is 7. The van der Waals surface area contributed by atoms with Crippen molar-refractivity contribution < 1.29 is 9.21 Å². The van der Waals surface area contributed by atoms with E-state index in [1.807, 2.05) is 18.2 Å². The van der Waals surface area contributed by atoms with Gasteiger partial charge in [0.2, 0.25) is 0 Å². The minimum atomic E-state index is -0.141. The van der Waals surface area contributed by atoms with Crippen LogP contribution in [-0.4, -0.2) is 17.4 Å². The standard InChI is InChI=1S/C16H21N3O2/c1-12(2)5-7-18-16(20)15-10-13(6-8-17-15)19-11-14-4-3-9-21-14/h3-4,6,8-10,12H,5,7,11H2,1-2H3,(H,17,19)(H,18,20). The minimum Gasteiger partial charge on any atom is -0.467 e. The third-order valence-corrected chi connectivity index (χ3v) is 3.05. The maximum atomic E-state index is 12.0. The lowest BCUT2D eigenvalue weighted by Gasteiger charge is -2.08. The van der Waals surface area contributed by atoms with Gasteiger partial charge in [0, 0.05) is 18.4 Å². The second kappa shape index (κ2) is 7.47. The molecule has 0 aromatic carbocycles. The Labute approximate surface area is 124 Å². The van der Waals surface area contributed by atoms with E-state index in [-0.39, 0.29) is 5.91 Å². The first kappa shape index (κ1) is 15.1. The fourth-order valence-corrected chi connectivity index (χ4v) is 1.83. The molecule has 0 unspecified atom stereocenters. The molecular formula is C16H21N3O2. The molecule has 0 saturated heterocycles. The first-order chi connectivity index (χ1) is 10.1. The maximum Gasteiger partial charge on any atom is 0.269 e. The van der Waals surface area contributed by atoms with Crippen molar-refractivity contribution >= 4 is 11.6 Å². The van der Waals surface area contributed by atoms with Crippen molar-refractivity contribution in [1.82, 2.24) is 10.3 Å². The summed E-state index contributed by atoms with van der Waals surface area (Å²) >= 11 is 0. The van der Waals surface area contributed by atoms with E-state index in [2.05, 4.69) is 29.5 Å². The maximum absolute atomic E-state index is 12.0. The van der Waals surface area contributed by atoms with Crippen molar-refractivity contribution in [2.24, 2.45) is 5.92 Å². The summed E-state index contributed by atoms with van der Waals surface area (Å²) < 4.78 is 5.25. The van der Waals surface area contributed by atoms with Crippen LogP contribution < -0.4 is 10.6 Å². The van der Waals surface area contributed by atoms with Crippen LogP contribution in [0.5, 0.6) is 0 Å². The van der Waals surface area contributed by atoms with Gasteiger partial charge in [0.1, 0.15) is 11.5 Å². The molecule has 2 rings (SSSR count). The Hall–Kier alpha value is -2.30. The number of nitrogens with zero attached hydrogens (tertiary/aromatic N) is 1. The molecule has 0 aliphatic heterocycles. The van der Waals surface area contributed by atoms with Crippen LogP contribution in [0, 0.1) is 5.92 Å². The quantitative estimate of drug-likeness (QED) is 0.821. The van der Waals surface area contributed by atoms with Gasteiger partial charge in [-0.15, -0.1) is 0 Å². The summed E-state index contributed by atoms with van der Waals surface area (Å²) in [4.78, 5) is 16.1. The molecule has 2 N–H and O–H groups in total. The van der Waals surface area contributed by atoms with Crippen LogP contribution in [0.3, 0.4) is 0 Å². The molecule has 0 fully saturated rings. The van der Waals surface area contributed by atoms with E-state index >= 15 is 0 Å². The van der Waals surface area contributed by atoms with Crippen molar-refractivity contribution in [3.63, 3.8) is 0 Å². The zero-order chi connectivity index (χ0) is 15.1. The molecule has 21 heavy (non-hydrogen) atoms. The second-order valence-electron chi connectivity index (χ2n) is 5.30. The van der Waals surface area contributed by atoms with Crippen molar-refractivity contribution in [3.8, 4) is 0 Å². The molecule has 0 aliphatic rings. The van der Waals surface area contributed by atoms with Gasteiger partial charge in [-0.3, -0.25) is 9.78 Å². The van der Waals surface area contributed by atoms with E-state index in [9.17, 15) is 4.79 Å². The molecule has 0 spiro atoms. The summed E-state index contributed by atoms with van der Waals surface area (Å²) in [7, 11) is 0. The predicted molar refractivity (Wildman–Crippen MR) is 82.1 cm³/mol. The zero-order valence-corrected chi connectivity index (χ0v) is 12.4. The van der Waals surface area contributed by atoms with Crippen LogP contribution in [0.25, 0.3) is 0 Å². The lowest BCUT2D eigenvalue weighted by molar-refractivity contribution is 0.0947. The first-order valence-corrected chi connectivity index (χ1v) is 7.15. The number of furan rings is 1. The van der Waals surface area contributed by atoms with Gasteiger partial charge in [-0.05, 0) is 36.6 Å². The van der Waals surface area contributed by atoms with Crippen molar-refractivity contribution in [1.29, 1.82) is 0 Å². The van der Waals surface area contributed by atoms with E-state index in [0.717, 1.165) is 17.9 Å². The fourth-order valence-electron chi connectivity index (χ4n) is 1.83. The minimum absolute atomic E-state index is 0.141. The van der Waals surface area contributed by atoms with E-state index in [1.165, 1.54) is 0 Å². The number of aromatic nitrogens is 1. The Bertz CT molecular complexity index is 565. The van der Waals surface area contributed by atoms with Crippen LogP contribution in [0.1, 0.15) is 36.5 Å². The summed E-state index contributed by atoms with van der Waals surface area (Å²) in [5.41, 5.74) is 1.26. The van der Waals surface area contributed by atoms with E-state index < -0.39 is 0 Å². The molecule has 0 saturated carbocycles. The van der Waals surface area contributed by atoms with E-state index in [1.54, 1.807) is 18.5 Å². The number of carbonyl (C=O) groups excluding carboxylic acids is 1. The lowest BCUT2D eigenvalue weighted by atomic mass is 10.1. The lowest BCUT2D eigenvalue weighted by Crippen LogP contribution is -2.26. The van der Waals surface area contributed by atoms with Gasteiger partial charge in [-0.25, -0.2) is 0 Å². The monoisotopic (exact) mass is 287 g/mol. The highest BCUT2D eigenvalue weighted by atomic mass is 16.3. The Balaban J connectivity index is 1.89. The Morgan fingerprint density at radius 1 is 1.38 bits per heavy atom. The summed E-state index contributed by atoms with van der Waals surface area (Å²) in [6, 6.07) is 7.31. The predicted octanol–water partition coefficient (Wildman–Crippen LogP) is 3.06. The zero-order valence-electron chi connectivity index (χ0n) is 12.4. The summed E-state index contributed by atoms with van der Waals surface area (Å²) in [5, 5.41) is 6.08. The number of amides is 1. The number of hydrogen-bond donors (Lipinski definition) is 2. The molecule has 0 bridgehead atoms. The number of pyridine rings is 1. The highest BCUT2D eigenvalue weighted by Crippen LogP contribution is 2.10. The van der Waals surface area contributed by atoms with Crippen LogP contribution >= 0.6 is 0 Å². The van der Waals surface area contributed by atoms with Gasteiger partial charge in [0.15, 0.2) is 0 Å². The SMILES string of the molecule is CC(C)CCNC(=O)c1cc(NCc2ccco2)ccn1. The Morgan fingerprint density at radius 2 is 2.24 bits per heavy atom. The normalized spacial score (nSPS) is 10.6. The topological polar surface area (TPSA) is 67.2 Å². The summed E-state index contributed by atoms with van der Waals surface area (Å²) in [6.45, 7) is 5.50. The first-order valence-electron chi connectivity index (χ1n) is 7.15. The summed E-state index contributed by atoms with van der Waals surface area (Å²) in [5.74, 6) is 1.27. The molecule has 0 atom stereocenters. The number of anilines is 1. The number of carbonyl (C=O) groups is 1. The third kappa shape index (κ3) is 4.95. The van der Waals surface area contributed by atoms with Crippen molar-refractivity contribution in [3.05, 3.63) is 48.2 Å². The third-order valence-electron chi connectivity index (χ3n) is 3.05. The highest BCUT2D eigenvalue weighted by Gasteiger charge is 2.08. The van der Waals surface area contributed by atoms with Gasteiger partial charge in [0.25, 0.3) is 5.91 Å². The molecular weight excluding hydrogens is 266 g/mol. The van der Waals surface area contributed by atoms with Crippen molar-refractivity contribution in [2.75, 3.05) is 11.9 Å². The fraction of sp³-hybridized carbons (Fsp3) is 0.375. The molecule has 0 aliphatic carbocycles. The van der Waals surface area contributed by atoms with Crippen LogP contribution in [0.15, 0.2) is 41.1 Å². The molecule has 112 valence electrons. The van der Waals surface area contributed by atoms with E-state index in [4.69, 9.17) is 4.42 Å². The van der Waals surface area contributed by atoms with Crippen LogP contribution in [-0.2, 0) is 6.54 Å². The highest BCUT2D eigenvalue weighted by molar-refractivity contribution is 5.93. The Morgan fingerprint density at radius 3 is 2.95 bits per heavy atom. The van der Waals surface area contributed by atoms with Gasteiger partial charge in [-0.2, -0.15) is 0 Å². The number of hydrogen-bond acceptors (Lipinski definition) is 4. The second-order valence-corrected chi connectivity index (χ2v) is 5.30.